The van der Waals surface area contributed by atoms with Crippen molar-refractivity contribution in [2.45, 2.75) is 25.9 Å². The van der Waals surface area contributed by atoms with Gasteiger partial charge in [0.15, 0.2) is 0 Å². The number of nitrogens with zero attached hydrogens (tertiary/aromatic N) is 2. The molecule has 4 nitrogen and oxygen atoms in total. The van der Waals surface area contributed by atoms with Gasteiger partial charge in [-0.2, -0.15) is 0 Å². The highest BCUT2D eigenvalue weighted by molar-refractivity contribution is 5.85. The quantitative estimate of drug-likeness (QED) is 0.934. The Bertz CT molecular complexity index is 651. The van der Waals surface area contributed by atoms with Crippen molar-refractivity contribution in [1.29, 1.82) is 0 Å². The van der Waals surface area contributed by atoms with Crippen LogP contribution in [0.15, 0.2) is 28.7 Å². The fraction of sp³-hybridized carbons (Fsp3) is 0.556. The van der Waals surface area contributed by atoms with Crippen LogP contribution in [0.2, 0.25) is 0 Å². The summed E-state index contributed by atoms with van der Waals surface area (Å²) in [6, 6.07) is 9.14. The van der Waals surface area contributed by atoms with Gasteiger partial charge in [-0.15, -0.1) is 12.4 Å². The van der Waals surface area contributed by atoms with E-state index in [1.165, 1.54) is 43.5 Å². The molecule has 1 aromatic heterocycles. The Morgan fingerprint density at radius 2 is 1.96 bits per heavy atom. The van der Waals surface area contributed by atoms with Gasteiger partial charge in [0, 0.05) is 62.8 Å². The molecule has 23 heavy (non-hydrogen) atoms. The summed E-state index contributed by atoms with van der Waals surface area (Å²) >= 11 is 0. The second kappa shape index (κ2) is 7.22. The molecule has 5 heteroatoms. The molecule has 3 heterocycles. The molecule has 1 atom stereocenters. The molecule has 0 radical (unpaired) electrons. The minimum absolute atomic E-state index is 0. The molecule has 126 valence electrons. The Morgan fingerprint density at radius 3 is 2.78 bits per heavy atom. The van der Waals surface area contributed by atoms with Crippen molar-refractivity contribution in [2.24, 2.45) is 0 Å². The van der Waals surface area contributed by atoms with Crippen molar-refractivity contribution in [2.75, 3.05) is 39.3 Å². The molecule has 0 spiro atoms. The van der Waals surface area contributed by atoms with Gasteiger partial charge < -0.3 is 9.73 Å². The number of likely N-dealkylation sites (tertiary alicyclic amines) is 1. The number of para-hydroxylation sites is 1. The third-order valence-electron chi connectivity index (χ3n) is 5.20. The molecule has 1 aromatic carbocycles. The van der Waals surface area contributed by atoms with E-state index in [0.717, 1.165) is 37.0 Å². The van der Waals surface area contributed by atoms with E-state index in [1.807, 2.05) is 6.07 Å². The van der Waals surface area contributed by atoms with Crippen LogP contribution in [0.1, 0.15) is 17.7 Å². The van der Waals surface area contributed by atoms with Crippen molar-refractivity contribution < 1.29 is 4.42 Å². The number of fused-ring (bicyclic) bond motifs is 1. The van der Waals surface area contributed by atoms with E-state index < -0.39 is 0 Å². The van der Waals surface area contributed by atoms with Crippen LogP contribution < -0.4 is 5.32 Å². The van der Waals surface area contributed by atoms with Crippen LogP contribution in [0, 0.1) is 6.92 Å². The summed E-state index contributed by atoms with van der Waals surface area (Å²) < 4.78 is 5.91. The van der Waals surface area contributed by atoms with E-state index >= 15 is 0 Å². The lowest BCUT2D eigenvalue weighted by Gasteiger charge is -2.32. The van der Waals surface area contributed by atoms with E-state index in [4.69, 9.17) is 4.42 Å². The Balaban J connectivity index is 0.00000156. The molecule has 4 rings (SSSR count). The molecule has 2 aliphatic rings. The molecule has 0 amide bonds. The lowest BCUT2D eigenvalue weighted by molar-refractivity contribution is 0.170. The second-order valence-electron chi connectivity index (χ2n) is 6.60. The highest BCUT2D eigenvalue weighted by Crippen LogP contribution is 2.28. The summed E-state index contributed by atoms with van der Waals surface area (Å²) in [5.74, 6) is 1.08. The first-order valence-corrected chi connectivity index (χ1v) is 8.45. The molecular weight excluding hydrogens is 310 g/mol. The van der Waals surface area contributed by atoms with Gasteiger partial charge in [-0.05, 0) is 19.4 Å². The van der Waals surface area contributed by atoms with E-state index in [1.54, 1.807) is 0 Å². The highest BCUT2D eigenvalue weighted by atomic mass is 35.5. The molecule has 0 bridgehead atoms. The SMILES string of the molecule is Cc1oc2ccccc2c1CN1CCC(N2CCNCC2)C1.Cl. The zero-order chi connectivity index (χ0) is 14.9. The number of hydrogen-bond donors (Lipinski definition) is 1. The number of aryl methyl sites for hydroxylation is 1. The first-order chi connectivity index (χ1) is 10.8. The minimum atomic E-state index is 0. The second-order valence-corrected chi connectivity index (χ2v) is 6.60. The lowest BCUT2D eigenvalue weighted by Crippen LogP contribution is -2.49. The molecule has 2 aromatic rings. The predicted octanol–water partition coefficient (Wildman–Crippen LogP) is 2.64. The standard InChI is InChI=1S/C18H25N3O.ClH/c1-14-17(16-4-2-3-5-18(16)22-14)13-20-9-6-15(12-20)21-10-7-19-8-11-21;/h2-5,15,19H,6-13H2,1H3;1H. The smallest absolute Gasteiger partial charge is 0.134 e. The molecule has 0 aliphatic carbocycles. The maximum atomic E-state index is 5.91. The summed E-state index contributed by atoms with van der Waals surface area (Å²) in [6.07, 6.45) is 1.30. The largest absolute Gasteiger partial charge is 0.461 e. The highest BCUT2D eigenvalue weighted by Gasteiger charge is 2.29. The number of piperazine rings is 1. The van der Waals surface area contributed by atoms with Crippen molar-refractivity contribution in [1.82, 2.24) is 15.1 Å². The fourth-order valence-electron chi connectivity index (χ4n) is 3.94. The fourth-order valence-corrected chi connectivity index (χ4v) is 3.94. The molecule has 0 saturated carbocycles. The third-order valence-corrected chi connectivity index (χ3v) is 5.20. The first kappa shape index (κ1) is 16.8. The van der Waals surface area contributed by atoms with Crippen molar-refractivity contribution in [3.05, 3.63) is 35.6 Å². The van der Waals surface area contributed by atoms with E-state index in [2.05, 4.69) is 40.2 Å². The molecule has 2 aliphatic heterocycles. The Kier molecular flexibility index (Phi) is 5.27. The number of rotatable bonds is 3. The van der Waals surface area contributed by atoms with Gasteiger partial charge in [-0.3, -0.25) is 9.80 Å². The number of benzene rings is 1. The maximum absolute atomic E-state index is 5.91. The zero-order valence-corrected chi connectivity index (χ0v) is 14.6. The van der Waals surface area contributed by atoms with Crippen LogP contribution in [0.5, 0.6) is 0 Å². The Hall–Kier alpha value is -1.07. The van der Waals surface area contributed by atoms with Crippen molar-refractivity contribution >= 4 is 23.4 Å². The number of furan rings is 1. The Morgan fingerprint density at radius 1 is 1.17 bits per heavy atom. The van der Waals surface area contributed by atoms with E-state index in [-0.39, 0.29) is 12.4 Å². The van der Waals surface area contributed by atoms with E-state index in [9.17, 15) is 0 Å². The first-order valence-electron chi connectivity index (χ1n) is 8.45. The van der Waals surface area contributed by atoms with Crippen molar-refractivity contribution in [3.63, 3.8) is 0 Å². The summed E-state index contributed by atoms with van der Waals surface area (Å²) in [4.78, 5) is 5.26. The molecule has 2 saturated heterocycles. The number of halogens is 1. The van der Waals surface area contributed by atoms with Gasteiger partial charge in [0.05, 0.1) is 0 Å². The van der Waals surface area contributed by atoms with E-state index in [0.29, 0.717) is 0 Å². The average molecular weight is 336 g/mol. The van der Waals surface area contributed by atoms with Gasteiger partial charge in [0.2, 0.25) is 0 Å². The maximum Gasteiger partial charge on any atom is 0.134 e. The number of nitrogens with one attached hydrogen (secondary N) is 1. The zero-order valence-electron chi connectivity index (χ0n) is 13.8. The Labute approximate surface area is 144 Å². The summed E-state index contributed by atoms with van der Waals surface area (Å²) in [5, 5.41) is 4.73. The lowest BCUT2D eigenvalue weighted by atomic mass is 10.1. The van der Waals surface area contributed by atoms with Crippen LogP contribution in [0.4, 0.5) is 0 Å². The number of hydrogen-bond acceptors (Lipinski definition) is 4. The van der Waals surface area contributed by atoms with Crippen LogP contribution in [-0.4, -0.2) is 55.1 Å². The monoisotopic (exact) mass is 335 g/mol. The van der Waals surface area contributed by atoms with Gasteiger partial charge in [0.25, 0.3) is 0 Å². The van der Waals surface area contributed by atoms with Crippen molar-refractivity contribution in [3.8, 4) is 0 Å². The summed E-state index contributed by atoms with van der Waals surface area (Å²) in [6.45, 7) is 10.2. The minimum Gasteiger partial charge on any atom is -0.461 e. The van der Waals surface area contributed by atoms with Gasteiger partial charge >= 0.3 is 0 Å². The third kappa shape index (κ3) is 3.41. The molecule has 2 fully saturated rings. The molecule has 1 unspecified atom stereocenters. The average Bonchev–Trinajstić information content (AvgIpc) is 3.14. The van der Waals surface area contributed by atoms with Gasteiger partial charge in [0.1, 0.15) is 11.3 Å². The summed E-state index contributed by atoms with van der Waals surface area (Å²) in [7, 11) is 0. The van der Waals surface area contributed by atoms with Crippen LogP contribution in [0.25, 0.3) is 11.0 Å². The normalized spacial score (nSPS) is 23.3. The van der Waals surface area contributed by atoms with Gasteiger partial charge in [-0.1, -0.05) is 18.2 Å². The van der Waals surface area contributed by atoms with Crippen LogP contribution >= 0.6 is 12.4 Å². The summed E-state index contributed by atoms with van der Waals surface area (Å²) in [5.41, 5.74) is 2.39. The predicted molar refractivity (Wildman–Crippen MR) is 96.3 cm³/mol. The van der Waals surface area contributed by atoms with Gasteiger partial charge in [-0.25, -0.2) is 0 Å². The van der Waals surface area contributed by atoms with Crippen LogP contribution in [0.3, 0.4) is 0 Å². The topological polar surface area (TPSA) is 31.7 Å². The molecular formula is C18H26ClN3O. The molecule has 1 N–H and O–H groups in total. The van der Waals surface area contributed by atoms with Crippen LogP contribution in [-0.2, 0) is 6.54 Å².